The Bertz CT molecular complexity index is 902. The van der Waals surface area contributed by atoms with Gasteiger partial charge in [0.25, 0.3) is 0 Å². The van der Waals surface area contributed by atoms with Crippen molar-refractivity contribution in [3.63, 3.8) is 0 Å². The maximum atomic E-state index is 12.8. The van der Waals surface area contributed by atoms with E-state index in [1.807, 2.05) is 37.3 Å². The first-order chi connectivity index (χ1) is 13.4. The lowest BCUT2D eigenvalue weighted by Gasteiger charge is -2.26. The number of hydrogen-bond donors (Lipinski definition) is 1. The van der Waals surface area contributed by atoms with Crippen LogP contribution in [-0.4, -0.2) is 31.7 Å². The van der Waals surface area contributed by atoms with Gasteiger partial charge in [-0.1, -0.05) is 48.4 Å². The SMILES string of the molecule is Cc1ccc(CCC(=O)NCc2cccc(S(=O)(=O)N3CCCCC3)c2)cc1. The number of nitrogens with one attached hydrogen (secondary N) is 1. The summed E-state index contributed by atoms with van der Waals surface area (Å²) in [5.74, 6) is -0.0372. The van der Waals surface area contributed by atoms with E-state index in [0.29, 0.717) is 37.4 Å². The maximum absolute atomic E-state index is 12.8. The third-order valence-corrected chi connectivity index (χ3v) is 7.00. The van der Waals surface area contributed by atoms with Gasteiger partial charge in [0.2, 0.25) is 15.9 Å². The van der Waals surface area contributed by atoms with E-state index in [-0.39, 0.29) is 5.91 Å². The summed E-state index contributed by atoms with van der Waals surface area (Å²) in [5.41, 5.74) is 3.13. The van der Waals surface area contributed by atoms with Crippen LogP contribution >= 0.6 is 0 Å². The van der Waals surface area contributed by atoms with Crippen LogP contribution in [0.15, 0.2) is 53.4 Å². The molecule has 0 aliphatic carbocycles. The van der Waals surface area contributed by atoms with E-state index in [0.717, 1.165) is 30.4 Å². The van der Waals surface area contributed by atoms with E-state index in [2.05, 4.69) is 5.32 Å². The number of aryl methyl sites for hydroxylation is 2. The van der Waals surface area contributed by atoms with Crippen molar-refractivity contribution >= 4 is 15.9 Å². The minimum absolute atomic E-state index is 0.0372. The molecule has 1 fully saturated rings. The summed E-state index contributed by atoms with van der Waals surface area (Å²) < 4.78 is 27.2. The predicted octanol–water partition coefficient (Wildman–Crippen LogP) is 3.42. The molecule has 1 amide bonds. The van der Waals surface area contributed by atoms with Gasteiger partial charge in [0.15, 0.2) is 0 Å². The Kier molecular flexibility index (Phi) is 6.86. The van der Waals surface area contributed by atoms with Crippen LogP contribution < -0.4 is 5.32 Å². The molecule has 1 aliphatic rings. The Morgan fingerprint density at radius 3 is 2.43 bits per heavy atom. The van der Waals surface area contributed by atoms with E-state index in [1.54, 1.807) is 22.5 Å². The standard InChI is InChI=1S/C22H28N2O3S/c1-18-8-10-19(11-9-18)12-13-22(25)23-17-20-6-5-7-21(16-20)28(26,27)24-14-3-2-4-15-24/h5-11,16H,2-4,12-15,17H2,1H3,(H,23,25). The first-order valence-electron chi connectivity index (χ1n) is 9.86. The van der Waals surface area contributed by atoms with Crippen molar-refractivity contribution in [3.8, 4) is 0 Å². The highest BCUT2D eigenvalue weighted by atomic mass is 32.2. The van der Waals surface area contributed by atoms with Crippen LogP contribution in [0.25, 0.3) is 0 Å². The molecule has 0 aromatic heterocycles. The average Bonchev–Trinajstić information content (AvgIpc) is 2.72. The lowest BCUT2D eigenvalue weighted by atomic mass is 10.1. The fourth-order valence-corrected chi connectivity index (χ4v) is 4.96. The highest BCUT2D eigenvalue weighted by Gasteiger charge is 2.25. The van der Waals surface area contributed by atoms with E-state index < -0.39 is 10.0 Å². The minimum atomic E-state index is -3.45. The van der Waals surface area contributed by atoms with Crippen molar-refractivity contribution in [2.45, 2.75) is 50.5 Å². The quantitative estimate of drug-likeness (QED) is 0.774. The summed E-state index contributed by atoms with van der Waals surface area (Å²) in [5, 5.41) is 2.89. The van der Waals surface area contributed by atoms with Crippen molar-refractivity contribution < 1.29 is 13.2 Å². The molecule has 150 valence electrons. The van der Waals surface area contributed by atoms with Crippen LogP contribution in [0.3, 0.4) is 0 Å². The van der Waals surface area contributed by atoms with Gasteiger partial charge in [-0.25, -0.2) is 8.42 Å². The normalized spacial score (nSPS) is 15.3. The van der Waals surface area contributed by atoms with Crippen LogP contribution in [-0.2, 0) is 27.8 Å². The van der Waals surface area contributed by atoms with Crippen LogP contribution in [0.2, 0.25) is 0 Å². The lowest BCUT2D eigenvalue weighted by Crippen LogP contribution is -2.35. The van der Waals surface area contributed by atoms with E-state index in [4.69, 9.17) is 0 Å². The largest absolute Gasteiger partial charge is 0.352 e. The molecule has 1 aliphatic heterocycles. The number of carbonyl (C=O) groups excluding carboxylic acids is 1. The molecule has 0 saturated carbocycles. The number of carbonyl (C=O) groups is 1. The fourth-order valence-electron chi connectivity index (χ4n) is 3.37. The first-order valence-corrected chi connectivity index (χ1v) is 11.3. The number of benzene rings is 2. The van der Waals surface area contributed by atoms with Crippen molar-refractivity contribution in [2.75, 3.05) is 13.1 Å². The molecule has 2 aromatic rings. The van der Waals surface area contributed by atoms with Crippen molar-refractivity contribution in [1.29, 1.82) is 0 Å². The number of piperidine rings is 1. The zero-order valence-corrected chi connectivity index (χ0v) is 17.2. The summed E-state index contributed by atoms with van der Waals surface area (Å²) in [6.45, 7) is 3.54. The summed E-state index contributed by atoms with van der Waals surface area (Å²) in [6.07, 6.45) is 4.01. The van der Waals surface area contributed by atoms with Crippen LogP contribution in [0.4, 0.5) is 0 Å². The molecule has 5 nitrogen and oxygen atoms in total. The zero-order valence-electron chi connectivity index (χ0n) is 16.4. The number of hydrogen-bond acceptors (Lipinski definition) is 3. The second kappa shape index (κ2) is 9.34. The molecule has 0 spiro atoms. The summed E-state index contributed by atoms with van der Waals surface area (Å²) >= 11 is 0. The molecule has 1 saturated heterocycles. The Labute approximate surface area is 167 Å². The predicted molar refractivity (Wildman–Crippen MR) is 110 cm³/mol. The number of sulfonamides is 1. The van der Waals surface area contributed by atoms with Gasteiger partial charge in [-0.2, -0.15) is 4.31 Å². The number of amides is 1. The second-order valence-electron chi connectivity index (χ2n) is 7.37. The first kappa shape index (κ1) is 20.6. The second-order valence-corrected chi connectivity index (χ2v) is 9.31. The summed E-state index contributed by atoms with van der Waals surface area (Å²) in [6, 6.07) is 15.1. The molecule has 28 heavy (non-hydrogen) atoms. The van der Waals surface area contributed by atoms with Crippen molar-refractivity contribution in [1.82, 2.24) is 9.62 Å². The van der Waals surface area contributed by atoms with E-state index in [1.165, 1.54) is 5.56 Å². The molecular weight excluding hydrogens is 372 g/mol. The Morgan fingerprint density at radius 2 is 1.71 bits per heavy atom. The molecule has 3 rings (SSSR count). The van der Waals surface area contributed by atoms with Gasteiger partial charge in [-0.3, -0.25) is 4.79 Å². The van der Waals surface area contributed by atoms with Gasteiger partial charge in [0.05, 0.1) is 4.90 Å². The molecule has 0 radical (unpaired) electrons. The number of nitrogens with zero attached hydrogens (tertiary/aromatic N) is 1. The molecule has 6 heteroatoms. The zero-order chi connectivity index (χ0) is 20.0. The van der Waals surface area contributed by atoms with Gasteiger partial charge >= 0.3 is 0 Å². The van der Waals surface area contributed by atoms with Crippen LogP contribution in [0.1, 0.15) is 42.4 Å². The molecule has 1 heterocycles. The molecule has 0 bridgehead atoms. The van der Waals surface area contributed by atoms with Crippen molar-refractivity contribution in [3.05, 3.63) is 65.2 Å². The molecule has 0 unspecified atom stereocenters. The van der Waals surface area contributed by atoms with E-state index in [9.17, 15) is 13.2 Å². The highest BCUT2D eigenvalue weighted by molar-refractivity contribution is 7.89. The molecule has 2 aromatic carbocycles. The van der Waals surface area contributed by atoms with Gasteiger partial charge in [-0.15, -0.1) is 0 Å². The number of rotatable bonds is 7. The third kappa shape index (κ3) is 5.42. The van der Waals surface area contributed by atoms with Gasteiger partial charge in [-0.05, 0) is 49.4 Å². The van der Waals surface area contributed by atoms with Crippen LogP contribution in [0.5, 0.6) is 0 Å². The van der Waals surface area contributed by atoms with Gasteiger partial charge in [0.1, 0.15) is 0 Å². The maximum Gasteiger partial charge on any atom is 0.243 e. The average molecular weight is 401 g/mol. The minimum Gasteiger partial charge on any atom is -0.352 e. The van der Waals surface area contributed by atoms with Crippen LogP contribution in [0, 0.1) is 6.92 Å². The van der Waals surface area contributed by atoms with E-state index >= 15 is 0 Å². The van der Waals surface area contributed by atoms with Gasteiger partial charge < -0.3 is 5.32 Å². The summed E-state index contributed by atoms with van der Waals surface area (Å²) in [4.78, 5) is 12.5. The third-order valence-electron chi connectivity index (χ3n) is 5.10. The fraction of sp³-hybridized carbons (Fsp3) is 0.409. The molecule has 0 atom stereocenters. The Hall–Kier alpha value is -2.18. The lowest BCUT2D eigenvalue weighted by molar-refractivity contribution is -0.121. The topological polar surface area (TPSA) is 66.5 Å². The molecular formula is C22H28N2O3S. The summed E-state index contributed by atoms with van der Waals surface area (Å²) in [7, 11) is -3.45. The smallest absolute Gasteiger partial charge is 0.243 e. The van der Waals surface area contributed by atoms with Gasteiger partial charge in [0, 0.05) is 26.1 Å². The Balaban J connectivity index is 1.55. The highest BCUT2D eigenvalue weighted by Crippen LogP contribution is 2.21. The molecule has 1 N–H and O–H groups in total. The monoisotopic (exact) mass is 400 g/mol. The Morgan fingerprint density at radius 1 is 1.00 bits per heavy atom. The van der Waals surface area contributed by atoms with Crippen molar-refractivity contribution in [2.24, 2.45) is 0 Å².